The summed E-state index contributed by atoms with van der Waals surface area (Å²) in [5, 5.41) is 4.77. The summed E-state index contributed by atoms with van der Waals surface area (Å²) >= 11 is 0. The van der Waals surface area contributed by atoms with Crippen molar-refractivity contribution in [1.82, 2.24) is 24.6 Å². The number of aromatic nitrogens is 3. The van der Waals surface area contributed by atoms with Gasteiger partial charge in [-0.25, -0.2) is 13.8 Å². The van der Waals surface area contributed by atoms with Gasteiger partial charge in [0.15, 0.2) is 11.6 Å². The lowest BCUT2D eigenvalue weighted by molar-refractivity contribution is -0.0494. The minimum absolute atomic E-state index is 0.0876. The molecule has 2 N–H and O–H groups in total. The number of rotatable bonds is 8. The number of alkyl halides is 4. The van der Waals surface area contributed by atoms with E-state index in [1.54, 1.807) is 0 Å². The summed E-state index contributed by atoms with van der Waals surface area (Å²) in [6.07, 6.45) is 1.48. The van der Waals surface area contributed by atoms with Crippen LogP contribution in [0.25, 0.3) is 11.3 Å². The van der Waals surface area contributed by atoms with Crippen LogP contribution < -0.4 is 10.5 Å². The van der Waals surface area contributed by atoms with Crippen molar-refractivity contribution in [3.63, 3.8) is 0 Å². The zero-order chi connectivity index (χ0) is 24.9. The van der Waals surface area contributed by atoms with Crippen molar-refractivity contribution >= 4 is 5.82 Å². The average molecular weight is 497 g/mol. The molecule has 0 unspecified atom stereocenters. The normalized spacial score (nSPS) is 27.2. The first-order valence-corrected chi connectivity index (χ1v) is 12.3. The Bertz CT molecular complexity index is 1030. The van der Waals surface area contributed by atoms with E-state index in [0.29, 0.717) is 48.1 Å². The van der Waals surface area contributed by atoms with Gasteiger partial charge in [0.25, 0.3) is 6.43 Å². The number of anilines is 1. The average Bonchev–Trinajstić information content (AvgIpc) is 3.14. The highest BCUT2D eigenvalue weighted by Gasteiger charge is 2.58. The lowest BCUT2D eigenvalue weighted by Gasteiger charge is -2.38. The van der Waals surface area contributed by atoms with Crippen LogP contribution in [0.1, 0.15) is 44.3 Å². The maximum atomic E-state index is 12.7. The molecule has 3 aliphatic rings. The Morgan fingerprint density at radius 3 is 2.34 bits per heavy atom. The predicted octanol–water partition coefficient (Wildman–Crippen LogP) is 4.08. The molecule has 0 aromatic carbocycles. The zero-order valence-electron chi connectivity index (χ0n) is 20.0. The van der Waals surface area contributed by atoms with Crippen LogP contribution >= 0.6 is 0 Å². The standard InChI is InChI=1S/C24H32F4N6O/c1-13(2)34-19(10-18(31-34)14-7-20(35-24(27)28)23(29)30-11-14)22-16-8-15(9-17(16)22)33-5-3-32(4-6-33)12-21(25)26/h7,10-11,13,15-17,21-22,24H,3-6,8-9,12H2,1-2H3,(H2,29,30)/t15-,16-,17+,22+. The summed E-state index contributed by atoms with van der Waals surface area (Å²) in [7, 11) is 0. The third kappa shape index (κ3) is 4.97. The van der Waals surface area contributed by atoms with E-state index in [2.05, 4.69) is 28.5 Å². The van der Waals surface area contributed by atoms with E-state index in [-0.39, 0.29) is 24.2 Å². The van der Waals surface area contributed by atoms with Gasteiger partial charge in [-0.15, -0.1) is 0 Å². The number of nitrogens with two attached hydrogens (primary N) is 1. The first-order valence-electron chi connectivity index (χ1n) is 12.3. The topological polar surface area (TPSA) is 72.4 Å². The van der Waals surface area contributed by atoms with Crippen molar-refractivity contribution in [1.29, 1.82) is 0 Å². The number of ether oxygens (including phenoxy) is 1. The lowest BCUT2D eigenvalue weighted by atomic mass is 10.0. The molecule has 1 saturated heterocycles. The summed E-state index contributed by atoms with van der Waals surface area (Å²) in [5.74, 6) is 1.36. The molecule has 0 bridgehead atoms. The van der Waals surface area contributed by atoms with Gasteiger partial charge in [-0.05, 0) is 50.7 Å². The van der Waals surface area contributed by atoms with E-state index in [4.69, 9.17) is 10.8 Å². The van der Waals surface area contributed by atoms with Crippen LogP contribution in [0.5, 0.6) is 5.75 Å². The maximum absolute atomic E-state index is 12.7. The molecule has 0 spiro atoms. The number of nitrogens with zero attached hydrogens (tertiary/aromatic N) is 5. The van der Waals surface area contributed by atoms with Crippen LogP contribution in [0, 0.1) is 11.8 Å². The number of hydrogen-bond acceptors (Lipinski definition) is 6. The Hall–Kier alpha value is -2.40. The quantitative estimate of drug-likeness (QED) is 0.556. The molecular weight excluding hydrogens is 464 g/mol. The molecule has 3 heterocycles. The van der Waals surface area contributed by atoms with Crippen molar-refractivity contribution in [2.24, 2.45) is 11.8 Å². The Labute approximate surface area is 202 Å². The third-order valence-electron chi connectivity index (χ3n) is 7.73. The summed E-state index contributed by atoms with van der Waals surface area (Å²) in [5.41, 5.74) is 8.10. The molecule has 4 atom stereocenters. The second kappa shape index (κ2) is 9.57. The number of hydrogen-bond donors (Lipinski definition) is 1. The Morgan fingerprint density at radius 2 is 1.74 bits per heavy atom. The Balaban J connectivity index is 1.26. The molecule has 3 fully saturated rings. The molecule has 5 rings (SSSR count). The van der Waals surface area contributed by atoms with Crippen molar-refractivity contribution in [2.45, 2.75) is 57.7 Å². The van der Waals surface area contributed by atoms with E-state index in [1.807, 2.05) is 15.6 Å². The van der Waals surface area contributed by atoms with Crippen LogP contribution in [-0.2, 0) is 0 Å². The number of halogens is 4. The van der Waals surface area contributed by atoms with Gasteiger partial charge in [-0.3, -0.25) is 14.5 Å². The van der Waals surface area contributed by atoms with Crippen LogP contribution in [0.4, 0.5) is 23.4 Å². The van der Waals surface area contributed by atoms with Gasteiger partial charge in [-0.1, -0.05) is 0 Å². The fraction of sp³-hybridized carbons (Fsp3) is 0.667. The molecule has 192 valence electrons. The van der Waals surface area contributed by atoms with Gasteiger partial charge in [0, 0.05) is 61.6 Å². The largest absolute Gasteiger partial charge is 0.431 e. The number of nitrogen functional groups attached to an aromatic ring is 1. The van der Waals surface area contributed by atoms with E-state index in [0.717, 1.165) is 25.9 Å². The second-order valence-electron chi connectivity index (χ2n) is 10.2. The molecule has 1 aliphatic heterocycles. The summed E-state index contributed by atoms with van der Waals surface area (Å²) in [6, 6.07) is 4.17. The monoisotopic (exact) mass is 496 g/mol. The van der Waals surface area contributed by atoms with Crippen molar-refractivity contribution in [3.8, 4) is 17.0 Å². The third-order valence-corrected chi connectivity index (χ3v) is 7.73. The molecule has 7 nitrogen and oxygen atoms in total. The van der Waals surface area contributed by atoms with Crippen molar-refractivity contribution < 1.29 is 22.3 Å². The summed E-state index contributed by atoms with van der Waals surface area (Å²) in [4.78, 5) is 8.34. The van der Waals surface area contributed by atoms with Crippen molar-refractivity contribution in [2.75, 3.05) is 38.5 Å². The maximum Gasteiger partial charge on any atom is 0.387 e. The Kier molecular flexibility index (Phi) is 6.65. The van der Waals surface area contributed by atoms with Crippen LogP contribution in [0.3, 0.4) is 0 Å². The van der Waals surface area contributed by atoms with Crippen molar-refractivity contribution in [3.05, 3.63) is 24.0 Å². The molecule has 2 aliphatic carbocycles. The second-order valence-corrected chi connectivity index (χ2v) is 10.2. The molecule has 0 amide bonds. The fourth-order valence-corrected chi connectivity index (χ4v) is 6.05. The summed E-state index contributed by atoms with van der Waals surface area (Å²) in [6.45, 7) is 4.15. The van der Waals surface area contributed by atoms with Gasteiger partial charge in [0.2, 0.25) is 0 Å². The highest BCUT2D eigenvalue weighted by Crippen LogP contribution is 2.64. The molecule has 0 radical (unpaired) electrons. The van der Waals surface area contributed by atoms with E-state index in [9.17, 15) is 17.6 Å². The van der Waals surface area contributed by atoms with E-state index in [1.165, 1.54) is 18.0 Å². The molecule has 2 saturated carbocycles. The van der Waals surface area contributed by atoms with Gasteiger partial charge in [-0.2, -0.15) is 13.9 Å². The highest BCUT2D eigenvalue weighted by molar-refractivity contribution is 5.64. The smallest absolute Gasteiger partial charge is 0.387 e. The van der Waals surface area contributed by atoms with Crippen LogP contribution in [-0.4, -0.2) is 76.4 Å². The summed E-state index contributed by atoms with van der Waals surface area (Å²) < 4.78 is 57.3. The molecule has 2 aromatic rings. The number of piperazine rings is 1. The van der Waals surface area contributed by atoms with E-state index < -0.39 is 13.0 Å². The zero-order valence-corrected chi connectivity index (χ0v) is 20.0. The minimum atomic E-state index is -2.98. The van der Waals surface area contributed by atoms with Gasteiger partial charge in [0.05, 0.1) is 12.2 Å². The number of pyridine rings is 1. The van der Waals surface area contributed by atoms with Crippen LogP contribution in [0.2, 0.25) is 0 Å². The Morgan fingerprint density at radius 1 is 1.06 bits per heavy atom. The minimum Gasteiger partial charge on any atom is -0.431 e. The van der Waals surface area contributed by atoms with Crippen LogP contribution in [0.15, 0.2) is 18.3 Å². The first-order chi connectivity index (χ1) is 16.7. The molecular formula is C24H32F4N6O. The SMILES string of the molecule is CC(C)n1nc(-c2cnc(N)c(OC(F)F)c2)cc1[C@H]1[C@@H]2C[C@@H](N3CCN(CC(F)F)CC3)C[C@@H]21. The lowest BCUT2D eigenvalue weighted by Crippen LogP contribution is -2.51. The molecule has 2 aromatic heterocycles. The van der Waals surface area contributed by atoms with Gasteiger partial charge < -0.3 is 10.5 Å². The molecule has 11 heteroatoms. The van der Waals surface area contributed by atoms with E-state index >= 15 is 0 Å². The highest BCUT2D eigenvalue weighted by atomic mass is 19.3. The fourth-order valence-electron chi connectivity index (χ4n) is 6.05. The number of fused-ring (bicyclic) bond motifs is 1. The predicted molar refractivity (Wildman–Crippen MR) is 124 cm³/mol. The molecule has 35 heavy (non-hydrogen) atoms. The first kappa shape index (κ1) is 24.3. The van der Waals surface area contributed by atoms with Gasteiger partial charge in [0.1, 0.15) is 0 Å². The van der Waals surface area contributed by atoms with Gasteiger partial charge >= 0.3 is 6.61 Å².